The van der Waals surface area contributed by atoms with Crippen molar-refractivity contribution in [3.8, 4) is 0 Å². The first kappa shape index (κ1) is 12.6. The zero-order chi connectivity index (χ0) is 12.6. The summed E-state index contributed by atoms with van der Waals surface area (Å²) in [6, 6.07) is 0.147. The van der Waals surface area contributed by atoms with Crippen molar-refractivity contribution in [1.29, 1.82) is 0 Å². The maximum atomic E-state index is 12.5. The summed E-state index contributed by atoms with van der Waals surface area (Å²) in [5, 5.41) is 6.69. The predicted octanol–water partition coefficient (Wildman–Crippen LogP) is 1.59. The Hall–Kier alpha value is -0.880. The number of hydrogen-bond donors (Lipinski definition) is 1. The van der Waals surface area contributed by atoms with Crippen molar-refractivity contribution in [3.05, 3.63) is 11.4 Å². The van der Waals surface area contributed by atoms with Crippen LogP contribution in [0.25, 0.3) is 0 Å². The largest absolute Gasteiger partial charge is 0.281 e. The van der Waals surface area contributed by atoms with Gasteiger partial charge in [-0.25, -0.2) is 8.42 Å². The fraction of sp³-hybridized carbons (Fsp3) is 0.727. The molecular weight excluding hydrogens is 238 g/mol. The minimum Gasteiger partial charge on any atom is -0.281 e. The third kappa shape index (κ3) is 2.11. The van der Waals surface area contributed by atoms with E-state index in [1.54, 1.807) is 20.9 Å². The quantitative estimate of drug-likeness (QED) is 0.894. The number of aromatic nitrogens is 2. The van der Waals surface area contributed by atoms with Crippen LogP contribution in [0.2, 0.25) is 0 Å². The van der Waals surface area contributed by atoms with Gasteiger partial charge in [0.25, 0.3) is 0 Å². The number of hydrogen-bond acceptors (Lipinski definition) is 3. The minimum absolute atomic E-state index is 0.147. The van der Waals surface area contributed by atoms with Gasteiger partial charge in [0.05, 0.1) is 11.4 Å². The summed E-state index contributed by atoms with van der Waals surface area (Å²) in [6.07, 6.45) is 4.17. The van der Waals surface area contributed by atoms with Crippen LogP contribution in [0.3, 0.4) is 0 Å². The van der Waals surface area contributed by atoms with Crippen LogP contribution in [0.15, 0.2) is 4.90 Å². The molecule has 1 aromatic rings. The Balaban J connectivity index is 2.36. The number of sulfonamides is 1. The summed E-state index contributed by atoms with van der Waals surface area (Å²) in [7, 11) is -1.72. The van der Waals surface area contributed by atoms with Gasteiger partial charge >= 0.3 is 0 Å². The van der Waals surface area contributed by atoms with E-state index in [-0.39, 0.29) is 6.04 Å². The maximum Gasteiger partial charge on any atom is 0.246 e. The van der Waals surface area contributed by atoms with Crippen molar-refractivity contribution in [2.75, 3.05) is 7.05 Å². The van der Waals surface area contributed by atoms with Gasteiger partial charge in [-0.3, -0.25) is 5.10 Å². The second-order valence-corrected chi connectivity index (χ2v) is 6.66. The highest BCUT2D eigenvalue weighted by Gasteiger charge is 2.33. The van der Waals surface area contributed by atoms with Crippen LogP contribution in [0.1, 0.15) is 37.1 Å². The average molecular weight is 257 g/mol. The van der Waals surface area contributed by atoms with Gasteiger partial charge in [-0.05, 0) is 26.7 Å². The molecule has 0 spiro atoms. The number of nitrogens with one attached hydrogen (secondary N) is 1. The normalized spacial score (nSPS) is 18.1. The molecule has 2 rings (SSSR count). The lowest BCUT2D eigenvalue weighted by atomic mass is 10.3. The van der Waals surface area contributed by atoms with E-state index in [1.807, 2.05) is 0 Å². The van der Waals surface area contributed by atoms with Gasteiger partial charge in [-0.1, -0.05) is 12.8 Å². The van der Waals surface area contributed by atoms with E-state index in [0.29, 0.717) is 16.3 Å². The topological polar surface area (TPSA) is 66.1 Å². The lowest BCUT2D eigenvalue weighted by Gasteiger charge is -2.23. The molecule has 1 saturated carbocycles. The number of nitrogens with zero attached hydrogens (tertiary/aromatic N) is 2. The van der Waals surface area contributed by atoms with Gasteiger partial charge in [0, 0.05) is 13.1 Å². The van der Waals surface area contributed by atoms with E-state index in [4.69, 9.17) is 0 Å². The molecule has 0 atom stereocenters. The molecular formula is C11H19N3O2S. The zero-order valence-corrected chi connectivity index (χ0v) is 11.3. The van der Waals surface area contributed by atoms with Crippen LogP contribution in [-0.2, 0) is 10.0 Å². The Morgan fingerprint density at radius 2 is 1.88 bits per heavy atom. The van der Waals surface area contributed by atoms with Gasteiger partial charge in [-0.15, -0.1) is 0 Å². The van der Waals surface area contributed by atoms with Crippen LogP contribution in [0, 0.1) is 13.8 Å². The lowest BCUT2D eigenvalue weighted by molar-refractivity contribution is 0.372. The molecule has 0 amide bonds. The Morgan fingerprint density at radius 1 is 1.29 bits per heavy atom. The molecule has 6 heteroatoms. The van der Waals surface area contributed by atoms with Crippen molar-refractivity contribution in [1.82, 2.24) is 14.5 Å². The smallest absolute Gasteiger partial charge is 0.246 e. The summed E-state index contributed by atoms with van der Waals surface area (Å²) in [6.45, 7) is 3.47. The van der Waals surface area contributed by atoms with Crippen molar-refractivity contribution in [2.24, 2.45) is 0 Å². The molecule has 0 radical (unpaired) electrons. The van der Waals surface area contributed by atoms with Gasteiger partial charge < -0.3 is 0 Å². The molecule has 1 aliphatic carbocycles. The molecule has 1 N–H and O–H groups in total. The molecule has 1 aromatic heterocycles. The second-order valence-electron chi connectivity index (χ2n) is 4.72. The molecule has 0 aromatic carbocycles. The van der Waals surface area contributed by atoms with Crippen molar-refractivity contribution >= 4 is 10.0 Å². The summed E-state index contributed by atoms with van der Waals surface area (Å²) in [5.41, 5.74) is 1.17. The van der Waals surface area contributed by atoms with Crippen molar-refractivity contribution in [2.45, 2.75) is 50.5 Å². The van der Waals surface area contributed by atoms with Gasteiger partial charge in [-0.2, -0.15) is 9.40 Å². The highest BCUT2D eigenvalue weighted by Crippen LogP contribution is 2.29. The first-order valence-corrected chi connectivity index (χ1v) is 7.38. The van der Waals surface area contributed by atoms with Gasteiger partial charge in [0.2, 0.25) is 10.0 Å². The minimum atomic E-state index is -3.40. The van der Waals surface area contributed by atoms with Crippen LogP contribution in [0.5, 0.6) is 0 Å². The predicted molar refractivity (Wildman–Crippen MR) is 65.3 cm³/mol. The third-order valence-corrected chi connectivity index (χ3v) is 5.71. The maximum absolute atomic E-state index is 12.5. The molecule has 0 unspecified atom stereocenters. The monoisotopic (exact) mass is 257 g/mol. The second kappa shape index (κ2) is 4.42. The van der Waals surface area contributed by atoms with Gasteiger partial charge in [0.15, 0.2) is 0 Å². The molecule has 1 heterocycles. The van der Waals surface area contributed by atoms with Gasteiger partial charge in [0.1, 0.15) is 4.90 Å². The summed E-state index contributed by atoms with van der Waals surface area (Å²) < 4.78 is 26.5. The average Bonchev–Trinajstić information content (AvgIpc) is 2.87. The Labute approximate surface area is 102 Å². The Bertz CT molecular complexity index is 481. The highest BCUT2D eigenvalue weighted by atomic mass is 32.2. The standard InChI is InChI=1S/C11H19N3O2S/c1-8-11(9(2)13-12-8)17(15,16)14(3)10-6-4-5-7-10/h10H,4-7H2,1-3H3,(H,12,13). The molecule has 5 nitrogen and oxygen atoms in total. The number of rotatable bonds is 3. The molecule has 0 saturated heterocycles. The molecule has 1 fully saturated rings. The SMILES string of the molecule is Cc1n[nH]c(C)c1S(=O)(=O)N(C)C1CCCC1. The van der Waals surface area contributed by atoms with E-state index < -0.39 is 10.0 Å². The summed E-state index contributed by atoms with van der Waals surface area (Å²) >= 11 is 0. The first-order valence-electron chi connectivity index (χ1n) is 5.94. The van der Waals surface area contributed by atoms with E-state index in [2.05, 4.69) is 10.2 Å². The summed E-state index contributed by atoms with van der Waals surface area (Å²) in [5.74, 6) is 0. The third-order valence-electron chi connectivity index (χ3n) is 3.54. The number of aryl methyl sites for hydroxylation is 2. The number of aromatic amines is 1. The van der Waals surface area contributed by atoms with Crippen LogP contribution in [0.4, 0.5) is 0 Å². The van der Waals surface area contributed by atoms with Crippen molar-refractivity contribution in [3.63, 3.8) is 0 Å². The zero-order valence-electron chi connectivity index (χ0n) is 10.5. The Kier molecular flexibility index (Phi) is 3.27. The van der Waals surface area contributed by atoms with Crippen molar-refractivity contribution < 1.29 is 8.42 Å². The number of H-pyrrole nitrogens is 1. The van der Waals surface area contributed by atoms with E-state index >= 15 is 0 Å². The fourth-order valence-electron chi connectivity index (χ4n) is 2.53. The van der Waals surface area contributed by atoms with E-state index in [9.17, 15) is 8.42 Å². The summed E-state index contributed by atoms with van der Waals surface area (Å²) in [4.78, 5) is 0.340. The fourth-order valence-corrected chi connectivity index (χ4v) is 4.27. The molecule has 0 aliphatic heterocycles. The first-order chi connectivity index (χ1) is 7.94. The molecule has 96 valence electrons. The van der Waals surface area contributed by atoms with Crippen LogP contribution in [-0.4, -0.2) is 36.0 Å². The Morgan fingerprint density at radius 3 is 2.35 bits per heavy atom. The molecule has 0 bridgehead atoms. The lowest BCUT2D eigenvalue weighted by Crippen LogP contribution is -2.35. The van der Waals surface area contributed by atoms with Crippen LogP contribution < -0.4 is 0 Å². The highest BCUT2D eigenvalue weighted by molar-refractivity contribution is 7.89. The van der Waals surface area contributed by atoms with E-state index in [0.717, 1.165) is 25.7 Å². The molecule has 17 heavy (non-hydrogen) atoms. The van der Waals surface area contributed by atoms with E-state index in [1.165, 1.54) is 4.31 Å². The molecule has 1 aliphatic rings. The van der Waals surface area contributed by atoms with Crippen LogP contribution >= 0.6 is 0 Å².